The van der Waals surface area contributed by atoms with Crippen LogP contribution in [0.15, 0.2) is 69.9 Å². The van der Waals surface area contributed by atoms with E-state index in [1.807, 2.05) is 43.3 Å². The number of fused-ring (bicyclic) bond motifs is 1. The van der Waals surface area contributed by atoms with Crippen molar-refractivity contribution in [3.63, 3.8) is 0 Å². The minimum absolute atomic E-state index is 0.247. The van der Waals surface area contributed by atoms with E-state index in [2.05, 4.69) is 5.32 Å². The summed E-state index contributed by atoms with van der Waals surface area (Å²) in [5.41, 5.74) is 2.43. The topological polar surface area (TPSA) is 59.3 Å². The molecule has 3 rings (SSSR count). The molecule has 4 nitrogen and oxygen atoms in total. The van der Waals surface area contributed by atoms with Gasteiger partial charge in [-0.25, -0.2) is 4.79 Å². The lowest BCUT2D eigenvalue weighted by atomic mass is 10.1. The normalized spacial score (nSPS) is 11.0. The van der Waals surface area contributed by atoms with Crippen molar-refractivity contribution in [1.29, 1.82) is 0 Å². The van der Waals surface area contributed by atoms with Crippen LogP contribution in [0.5, 0.6) is 0 Å². The van der Waals surface area contributed by atoms with E-state index in [4.69, 9.17) is 4.42 Å². The van der Waals surface area contributed by atoms with Gasteiger partial charge in [-0.1, -0.05) is 30.3 Å². The molecule has 0 fully saturated rings. The molecule has 0 unspecified atom stereocenters. The summed E-state index contributed by atoms with van der Waals surface area (Å²) in [4.78, 5) is 23.4. The fourth-order valence-corrected chi connectivity index (χ4v) is 2.32. The number of anilines is 1. The van der Waals surface area contributed by atoms with Gasteiger partial charge in [0.25, 0.3) is 0 Å². The summed E-state index contributed by atoms with van der Waals surface area (Å²) >= 11 is 0. The standard InChI is InChI=1S/C19H15NO3/c1-13-11-19(22)23-17-12-15(8-9-16(13)17)20-18(21)10-7-14-5-3-2-4-6-14/h2-12H,1H3,(H,20,21). The van der Waals surface area contributed by atoms with Gasteiger partial charge >= 0.3 is 5.63 Å². The van der Waals surface area contributed by atoms with Gasteiger partial charge in [-0.15, -0.1) is 0 Å². The fourth-order valence-electron chi connectivity index (χ4n) is 2.32. The third-order valence-corrected chi connectivity index (χ3v) is 3.45. The van der Waals surface area contributed by atoms with Gasteiger partial charge in [-0.2, -0.15) is 0 Å². The third kappa shape index (κ3) is 3.55. The molecule has 0 aliphatic rings. The van der Waals surface area contributed by atoms with E-state index >= 15 is 0 Å². The second-order valence-electron chi connectivity index (χ2n) is 5.19. The minimum Gasteiger partial charge on any atom is -0.423 e. The summed E-state index contributed by atoms with van der Waals surface area (Å²) in [7, 11) is 0. The molecule has 0 saturated carbocycles. The highest BCUT2D eigenvalue weighted by Crippen LogP contribution is 2.20. The highest BCUT2D eigenvalue weighted by molar-refractivity contribution is 6.02. The van der Waals surface area contributed by atoms with Crippen molar-refractivity contribution in [2.24, 2.45) is 0 Å². The number of hydrogen-bond acceptors (Lipinski definition) is 3. The summed E-state index contributed by atoms with van der Waals surface area (Å²) < 4.78 is 5.17. The second-order valence-corrected chi connectivity index (χ2v) is 5.19. The van der Waals surface area contributed by atoms with Crippen LogP contribution in [0.4, 0.5) is 5.69 Å². The molecule has 114 valence electrons. The Labute approximate surface area is 133 Å². The van der Waals surface area contributed by atoms with Gasteiger partial charge < -0.3 is 9.73 Å². The Kier molecular flexibility index (Phi) is 4.06. The van der Waals surface area contributed by atoms with Crippen LogP contribution in [0.25, 0.3) is 17.0 Å². The lowest BCUT2D eigenvalue weighted by molar-refractivity contribution is -0.111. The van der Waals surface area contributed by atoms with Crippen LogP contribution >= 0.6 is 0 Å². The Balaban J connectivity index is 1.80. The number of nitrogens with one attached hydrogen (secondary N) is 1. The summed E-state index contributed by atoms with van der Waals surface area (Å²) in [5.74, 6) is -0.247. The molecule has 1 amide bonds. The number of carbonyl (C=O) groups is 1. The maximum atomic E-state index is 12.0. The Bertz CT molecular complexity index is 940. The van der Waals surface area contributed by atoms with Crippen molar-refractivity contribution < 1.29 is 9.21 Å². The van der Waals surface area contributed by atoms with E-state index in [0.717, 1.165) is 16.5 Å². The van der Waals surface area contributed by atoms with Gasteiger partial charge in [0.15, 0.2) is 0 Å². The Morgan fingerprint density at radius 1 is 1.09 bits per heavy atom. The first-order chi connectivity index (χ1) is 11.1. The maximum absolute atomic E-state index is 12.0. The maximum Gasteiger partial charge on any atom is 0.336 e. The van der Waals surface area contributed by atoms with Crippen molar-refractivity contribution >= 4 is 28.6 Å². The number of carbonyl (C=O) groups excluding carboxylic acids is 1. The quantitative estimate of drug-likeness (QED) is 0.592. The van der Waals surface area contributed by atoms with Crippen LogP contribution in [0.1, 0.15) is 11.1 Å². The zero-order chi connectivity index (χ0) is 16.2. The van der Waals surface area contributed by atoms with Crippen LogP contribution in [-0.2, 0) is 4.79 Å². The third-order valence-electron chi connectivity index (χ3n) is 3.45. The zero-order valence-electron chi connectivity index (χ0n) is 12.6. The molecule has 3 aromatic rings. The van der Waals surface area contributed by atoms with Crippen molar-refractivity contribution in [2.45, 2.75) is 6.92 Å². The predicted molar refractivity (Wildman–Crippen MR) is 91.3 cm³/mol. The smallest absolute Gasteiger partial charge is 0.336 e. The van der Waals surface area contributed by atoms with Crippen molar-refractivity contribution in [3.05, 3.63) is 82.2 Å². The molecular formula is C19H15NO3. The monoisotopic (exact) mass is 305 g/mol. The lowest BCUT2D eigenvalue weighted by Gasteiger charge is -2.05. The first-order valence-corrected chi connectivity index (χ1v) is 7.20. The molecule has 4 heteroatoms. The largest absolute Gasteiger partial charge is 0.423 e. The van der Waals surface area contributed by atoms with Crippen LogP contribution in [0.3, 0.4) is 0 Å². The number of rotatable bonds is 3. The Morgan fingerprint density at radius 2 is 1.87 bits per heavy atom. The molecule has 0 radical (unpaired) electrons. The average molecular weight is 305 g/mol. The zero-order valence-corrected chi connectivity index (χ0v) is 12.6. The van der Waals surface area contributed by atoms with E-state index in [-0.39, 0.29) is 5.91 Å². The molecule has 1 heterocycles. The molecule has 0 atom stereocenters. The average Bonchev–Trinajstić information content (AvgIpc) is 2.53. The molecular weight excluding hydrogens is 290 g/mol. The number of aryl methyl sites for hydroxylation is 1. The number of benzene rings is 2. The van der Waals surface area contributed by atoms with Gasteiger partial charge in [0, 0.05) is 29.3 Å². The van der Waals surface area contributed by atoms with Gasteiger partial charge in [0.1, 0.15) is 5.58 Å². The van der Waals surface area contributed by atoms with Crippen LogP contribution < -0.4 is 10.9 Å². The molecule has 1 aromatic heterocycles. The van der Waals surface area contributed by atoms with Crippen molar-refractivity contribution in [2.75, 3.05) is 5.32 Å². The number of amides is 1. The number of hydrogen-bond donors (Lipinski definition) is 1. The summed E-state index contributed by atoms with van der Waals surface area (Å²) in [6, 6.07) is 16.3. The van der Waals surface area contributed by atoms with E-state index < -0.39 is 5.63 Å². The van der Waals surface area contributed by atoms with Crippen LogP contribution in [0, 0.1) is 6.92 Å². The molecule has 0 aliphatic carbocycles. The summed E-state index contributed by atoms with van der Waals surface area (Å²) in [6.45, 7) is 1.85. The molecule has 0 aliphatic heterocycles. The van der Waals surface area contributed by atoms with Gasteiger partial charge in [-0.3, -0.25) is 4.79 Å². The van der Waals surface area contributed by atoms with E-state index in [0.29, 0.717) is 11.3 Å². The van der Waals surface area contributed by atoms with E-state index in [9.17, 15) is 9.59 Å². The highest BCUT2D eigenvalue weighted by atomic mass is 16.4. The van der Waals surface area contributed by atoms with Gasteiger partial charge in [-0.05, 0) is 36.3 Å². The van der Waals surface area contributed by atoms with Gasteiger partial charge in [0.2, 0.25) is 5.91 Å². The second kappa shape index (κ2) is 6.32. The lowest BCUT2D eigenvalue weighted by Crippen LogP contribution is -2.08. The Hall–Kier alpha value is -3.14. The first kappa shape index (κ1) is 14.8. The van der Waals surface area contributed by atoms with Gasteiger partial charge in [0.05, 0.1) is 0 Å². The Morgan fingerprint density at radius 3 is 2.65 bits per heavy atom. The van der Waals surface area contributed by atoms with Crippen molar-refractivity contribution in [1.82, 2.24) is 0 Å². The summed E-state index contributed by atoms with van der Waals surface area (Å²) in [6.07, 6.45) is 3.20. The highest BCUT2D eigenvalue weighted by Gasteiger charge is 2.04. The predicted octanol–water partition coefficient (Wildman–Crippen LogP) is 3.75. The molecule has 0 spiro atoms. The minimum atomic E-state index is -0.401. The summed E-state index contributed by atoms with van der Waals surface area (Å²) in [5, 5.41) is 3.60. The SMILES string of the molecule is Cc1cc(=O)oc2cc(NC(=O)C=Cc3ccccc3)ccc12. The van der Waals surface area contributed by atoms with Crippen LogP contribution in [0.2, 0.25) is 0 Å². The van der Waals surface area contributed by atoms with Crippen molar-refractivity contribution in [3.8, 4) is 0 Å². The molecule has 2 aromatic carbocycles. The molecule has 0 saturated heterocycles. The molecule has 23 heavy (non-hydrogen) atoms. The molecule has 1 N–H and O–H groups in total. The van der Waals surface area contributed by atoms with E-state index in [1.54, 1.807) is 18.2 Å². The first-order valence-electron chi connectivity index (χ1n) is 7.20. The van der Waals surface area contributed by atoms with E-state index in [1.165, 1.54) is 12.1 Å². The van der Waals surface area contributed by atoms with Crippen LogP contribution in [-0.4, -0.2) is 5.91 Å². The fraction of sp³-hybridized carbons (Fsp3) is 0.0526. The molecule has 0 bridgehead atoms.